The predicted molar refractivity (Wildman–Crippen MR) is 71.6 cm³/mol. The molecule has 0 aromatic carbocycles. The van der Waals surface area contributed by atoms with Crippen molar-refractivity contribution in [2.75, 3.05) is 13.1 Å². The van der Waals surface area contributed by atoms with Crippen molar-refractivity contribution >= 4 is 5.97 Å². The topological polar surface area (TPSA) is 52.6 Å². The van der Waals surface area contributed by atoms with E-state index in [0.717, 1.165) is 38.8 Å². The lowest BCUT2D eigenvalue weighted by Crippen LogP contribution is -2.45. The van der Waals surface area contributed by atoms with Crippen LogP contribution in [0.15, 0.2) is 0 Å². The van der Waals surface area contributed by atoms with E-state index in [1.165, 1.54) is 6.42 Å². The van der Waals surface area contributed by atoms with E-state index in [1.807, 2.05) is 0 Å². The zero-order chi connectivity index (χ0) is 13.1. The molecule has 2 rings (SSSR count). The number of carboxylic acids is 1. The minimum Gasteiger partial charge on any atom is -0.480 e. The van der Waals surface area contributed by atoms with Crippen molar-refractivity contribution in [2.45, 2.75) is 64.1 Å². The van der Waals surface area contributed by atoms with Crippen LogP contribution in [0.25, 0.3) is 0 Å². The fourth-order valence-electron chi connectivity index (χ4n) is 2.89. The van der Waals surface area contributed by atoms with Gasteiger partial charge in [0.15, 0.2) is 0 Å². The summed E-state index contributed by atoms with van der Waals surface area (Å²) >= 11 is 0. The second-order valence-electron chi connectivity index (χ2n) is 6.08. The van der Waals surface area contributed by atoms with Gasteiger partial charge in [-0.05, 0) is 65.0 Å². The second-order valence-corrected chi connectivity index (χ2v) is 6.08. The van der Waals surface area contributed by atoms with Crippen molar-refractivity contribution < 1.29 is 9.90 Å². The lowest BCUT2D eigenvalue weighted by Gasteiger charge is -2.25. The molecule has 4 heteroatoms. The van der Waals surface area contributed by atoms with Crippen LogP contribution in [0.5, 0.6) is 0 Å². The number of hydrogen-bond donors (Lipinski definition) is 2. The van der Waals surface area contributed by atoms with Gasteiger partial charge in [0.25, 0.3) is 0 Å². The van der Waals surface area contributed by atoms with Gasteiger partial charge in [0, 0.05) is 12.1 Å². The van der Waals surface area contributed by atoms with Crippen molar-refractivity contribution in [2.24, 2.45) is 5.92 Å². The monoisotopic (exact) mass is 254 g/mol. The molecule has 18 heavy (non-hydrogen) atoms. The number of nitrogens with one attached hydrogen (secondary N) is 1. The average molecular weight is 254 g/mol. The summed E-state index contributed by atoms with van der Waals surface area (Å²) in [5, 5.41) is 12.6. The van der Waals surface area contributed by atoms with Gasteiger partial charge in [-0.2, -0.15) is 0 Å². The fraction of sp³-hybridized carbons (Fsp3) is 0.929. The third-order valence-corrected chi connectivity index (χ3v) is 4.27. The van der Waals surface area contributed by atoms with E-state index in [9.17, 15) is 9.90 Å². The highest BCUT2D eigenvalue weighted by atomic mass is 16.4. The van der Waals surface area contributed by atoms with E-state index in [-0.39, 0.29) is 6.04 Å². The Labute approximate surface area is 110 Å². The molecule has 4 nitrogen and oxygen atoms in total. The summed E-state index contributed by atoms with van der Waals surface area (Å²) in [5.41, 5.74) is 0. The molecule has 1 aliphatic carbocycles. The standard InChI is InChI=1S/C14H26N2O2/c1-10(2)16-8-3-4-12(7-9-16)15-13(14(17)18)11-5-6-11/h10-13,15H,3-9H2,1-2H3,(H,17,18). The van der Waals surface area contributed by atoms with Gasteiger partial charge >= 0.3 is 5.97 Å². The van der Waals surface area contributed by atoms with Crippen molar-refractivity contribution in [1.29, 1.82) is 0 Å². The van der Waals surface area contributed by atoms with Crippen LogP contribution in [-0.2, 0) is 4.79 Å². The highest BCUT2D eigenvalue weighted by Gasteiger charge is 2.37. The first-order valence-corrected chi connectivity index (χ1v) is 7.31. The number of rotatable bonds is 5. The third-order valence-electron chi connectivity index (χ3n) is 4.27. The summed E-state index contributed by atoms with van der Waals surface area (Å²) in [6, 6.07) is 0.679. The molecule has 1 saturated heterocycles. The lowest BCUT2D eigenvalue weighted by atomic mass is 10.1. The van der Waals surface area contributed by atoms with Crippen molar-refractivity contribution in [1.82, 2.24) is 10.2 Å². The second kappa shape index (κ2) is 6.02. The van der Waals surface area contributed by atoms with Gasteiger partial charge in [-0.3, -0.25) is 4.79 Å². The summed E-state index contributed by atoms with van der Waals surface area (Å²) in [6.45, 7) is 6.71. The first kappa shape index (κ1) is 13.8. The van der Waals surface area contributed by atoms with Gasteiger partial charge < -0.3 is 15.3 Å². The van der Waals surface area contributed by atoms with E-state index in [2.05, 4.69) is 24.1 Å². The van der Waals surface area contributed by atoms with Crippen LogP contribution in [0.2, 0.25) is 0 Å². The average Bonchev–Trinajstić information content (AvgIpc) is 3.12. The maximum Gasteiger partial charge on any atom is 0.320 e. The maximum atomic E-state index is 11.2. The summed E-state index contributed by atoms with van der Waals surface area (Å²) in [4.78, 5) is 13.7. The number of hydrogen-bond acceptors (Lipinski definition) is 3. The van der Waals surface area contributed by atoms with Gasteiger partial charge in [-0.15, -0.1) is 0 Å². The Bertz CT molecular complexity index is 290. The number of aliphatic carboxylic acids is 1. The number of carboxylic acid groups (broad SMARTS) is 1. The zero-order valence-electron chi connectivity index (χ0n) is 11.6. The molecule has 1 heterocycles. The van der Waals surface area contributed by atoms with E-state index in [0.29, 0.717) is 18.0 Å². The van der Waals surface area contributed by atoms with Crippen LogP contribution < -0.4 is 5.32 Å². The van der Waals surface area contributed by atoms with Crippen molar-refractivity contribution in [3.63, 3.8) is 0 Å². The van der Waals surface area contributed by atoms with Crippen LogP contribution in [-0.4, -0.2) is 47.2 Å². The molecule has 2 aliphatic rings. The summed E-state index contributed by atoms with van der Waals surface area (Å²) in [7, 11) is 0. The molecule has 2 atom stereocenters. The Kier molecular flexibility index (Phi) is 4.62. The Morgan fingerprint density at radius 2 is 1.94 bits per heavy atom. The SMILES string of the molecule is CC(C)N1CCCC(NC(C(=O)O)C2CC2)CC1. The Balaban J connectivity index is 1.84. The number of nitrogens with zero attached hydrogens (tertiary/aromatic N) is 1. The Hall–Kier alpha value is -0.610. The van der Waals surface area contributed by atoms with E-state index in [1.54, 1.807) is 0 Å². The molecule has 0 bridgehead atoms. The van der Waals surface area contributed by atoms with Gasteiger partial charge in [0.1, 0.15) is 6.04 Å². The molecule has 0 aromatic heterocycles. The van der Waals surface area contributed by atoms with Crippen LogP contribution in [0.3, 0.4) is 0 Å². The third kappa shape index (κ3) is 3.69. The molecule has 104 valence electrons. The number of carbonyl (C=O) groups is 1. The van der Waals surface area contributed by atoms with Crippen LogP contribution in [0.4, 0.5) is 0 Å². The van der Waals surface area contributed by atoms with E-state index >= 15 is 0 Å². The molecule has 1 aliphatic heterocycles. The normalized spacial score (nSPS) is 28.1. The minimum absolute atomic E-state index is 0.305. The van der Waals surface area contributed by atoms with Crippen LogP contribution in [0.1, 0.15) is 46.0 Å². The Morgan fingerprint density at radius 1 is 1.22 bits per heavy atom. The molecular formula is C14H26N2O2. The Morgan fingerprint density at radius 3 is 2.50 bits per heavy atom. The van der Waals surface area contributed by atoms with E-state index in [4.69, 9.17) is 0 Å². The molecule has 1 saturated carbocycles. The summed E-state index contributed by atoms with van der Waals surface area (Å²) in [6.07, 6.45) is 5.52. The lowest BCUT2D eigenvalue weighted by molar-refractivity contribution is -0.140. The van der Waals surface area contributed by atoms with Crippen molar-refractivity contribution in [3.8, 4) is 0 Å². The molecule has 0 radical (unpaired) electrons. The number of likely N-dealkylation sites (tertiary alicyclic amines) is 1. The molecule has 0 amide bonds. The van der Waals surface area contributed by atoms with Gasteiger partial charge in [-0.25, -0.2) is 0 Å². The van der Waals surface area contributed by atoms with E-state index < -0.39 is 5.97 Å². The minimum atomic E-state index is -0.664. The fourth-order valence-corrected chi connectivity index (χ4v) is 2.89. The van der Waals surface area contributed by atoms with Crippen molar-refractivity contribution in [3.05, 3.63) is 0 Å². The summed E-state index contributed by atoms with van der Waals surface area (Å²) < 4.78 is 0. The molecule has 2 fully saturated rings. The highest BCUT2D eigenvalue weighted by molar-refractivity contribution is 5.74. The highest BCUT2D eigenvalue weighted by Crippen LogP contribution is 2.33. The smallest absolute Gasteiger partial charge is 0.320 e. The van der Waals surface area contributed by atoms with Gasteiger partial charge in [-0.1, -0.05) is 0 Å². The molecule has 2 N–H and O–H groups in total. The van der Waals surface area contributed by atoms with Gasteiger partial charge in [0.2, 0.25) is 0 Å². The molecular weight excluding hydrogens is 228 g/mol. The zero-order valence-corrected chi connectivity index (χ0v) is 11.6. The predicted octanol–water partition coefficient (Wildman–Crippen LogP) is 1.70. The largest absolute Gasteiger partial charge is 0.480 e. The van der Waals surface area contributed by atoms with Crippen LogP contribution >= 0.6 is 0 Å². The molecule has 0 aromatic rings. The molecule has 0 spiro atoms. The molecule has 2 unspecified atom stereocenters. The maximum absolute atomic E-state index is 11.2. The first-order valence-electron chi connectivity index (χ1n) is 7.31. The first-order chi connectivity index (χ1) is 8.58. The quantitative estimate of drug-likeness (QED) is 0.784. The summed E-state index contributed by atoms with van der Waals surface area (Å²) in [5.74, 6) is -0.283. The van der Waals surface area contributed by atoms with Gasteiger partial charge in [0.05, 0.1) is 0 Å². The van der Waals surface area contributed by atoms with Crippen LogP contribution in [0, 0.1) is 5.92 Å².